The molecule has 0 rings (SSSR count). The Morgan fingerprint density at radius 1 is 1.38 bits per heavy atom. The summed E-state index contributed by atoms with van der Waals surface area (Å²) in [4.78, 5) is 0. The van der Waals surface area contributed by atoms with Gasteiger partial charge in [0.25, 0.3) is 0 Å². The van der Waals surface area contributed by atoms with Gasteiger partial charge < -0.3 is 10.6 Å². The standard InChI is InChI=1S/C6H15N2/c1-5-6(2,7-3)8-4/h7-8H,1,5H2,2-4H3. The fraction of sp³-hybridized carbons (Fsp3) is 0.833. The average Bonchev–Trinajstić information content (AvgIpc) is 1.87. The third-order valence-corrected chi connectivity index (χ3v) is 1.60. The predicted octanol–water partition coefficient (Wildman–Crippen LogP) is 0.366. The molecule has 0 saturated carbocycles. The van der Waals surface area contributed by atoms with Gasteiger partial charge in [-0.1, -0.05) is 6.92 Å². The van der Waals surface area contributed by atoms with E-state index in [9.17, 15) is 0 Å². The van der Waals surface area contributed by atoms with Crippen LogP contribution in [0.3, 0.4) is 0 Å². The van der Waals surface area contributed by atoms with Crippen molar-refractivity contribution in [1.82, 2.24) is 10.6 Å². The zero-order valence-electron chi connectivity index (χ0n) is 5.91. The van der Waals surface area contributed by atoms with E-state index in [0.717, 1.165) is 6.42 Å². The topological polar surface area (TPSA) is 24.1 Å². The molecule has 0 aliphatic rings. The van der Waals surface area contributed by atoms with Crippen LogP contribution < -0.4 is 10.6 Å². The first kappa shape index (κ1) is 7.92. The lowest BCUT2D eigenvalue weighted by Gasteiger charge is -2.26. The molecule has 8 heavy (non-hydrogen) atoms. The van der Waals surface area contributed by atoms with Gasteiger partial charge in [0.2, 0.25) is 0 Å². The Labute approximate surface area is 51.7 Å². The van der Waals surface area contributed by atoms with Crippen molar-refractivity contribution in [3.05, 3.63) is 6.92 Å². The molecule has 0 aromatic heterocycles. The first-order valence-electron chi connectivity index (χ1n) is 2.85. The molecule has 0 aromatic carbocycles. The fourth-order valence-corrected chi connectivity index (χ4v) is 0.375. The second kappa shape index (κ2) is 3.05. The van der Waals surface area contributed by atoms with Crippen molar-refractivity contribution in [2.45, 2.75) is 19.0 Å². The lowest BCUT2D eigenvalue weighted by Crippen LogP contribution is -2.50. The molecule has 0 heterocycles. The molecule has 2 nitrogen and oxygen atoms in total. The Hall–Kier alpha value is -0.0800. The summed E-state index contributed by atoms with van der Waals surface area (Å²) in [5, 5.41) is 6.21. The summed E-state index contributed by atoms with van der Waals surface area (Å²) in [7, 11) is 3.84. The van der Waals surface area contributed by atoms with Crippen molar-refractivity contribution in [3.8, 4) is 0 Å². The van der Waals surface area contributed by atoms with E-state index in [1.54, 1.807) is 0 Å². The second-order valence-electron chi connectivity index (χ2n) is 2.08. The van der Waals surface area contributed by atoms with E-state index in [-0.39, 0.29) is 5.66 Å². The monoisotopic (exact) mass is 115 g/mol. The summed E-state index contributed by atoms with van der Waals surface area (Å²) in [6.45, 7) is 5.84. The van der Waals surface area contributed by atoms with Crippen molar-refractivity contribution >= 4 is 0 Å². The predicted molar refractivity (Wildman–Crippen MR) is 36.5 cm³/mol. The molecular weight excluding hydrogens is 100 g/mol. The van der Waals surface area contributed by atoms with Gasteiger partial charge >= 0.3 is 0 Å². The van der Waals surface area contributed by atoms with Crippen LogP contribution in [0.5, 0.6) is 0 Å². The molecule has 0 aliphatic heterocycles. The first-order chi connectivity index (χ1) is 3.68. The number of rotatable bonds is 3. The third kappa shape index (κ3) is 1.80. The zero-order chi connectivity index (χ0) is 6.62. The van der Waals surface area contributed by atoms with E-state index in [1.807, 2.05) is 14.1 Å². The van der Waals surface area contributed by atoms with E-state index >= 15 is 0 Å². The summed E-state index contributed by atoms with van der Waals surface area (Å²) in [5.41, 5.74) is 0.0139. The molecule has 0 amide bonds. The SMILES string of the molecule is [CH2]CC(C)(NC)NC. The Kier molecular flexibility index (Phi) is 3.02. The average molecular weight is 115 g/mol. The Bertz CT molecular complexity index is 49.3. The van der Waals surface area contributed by atoms with E-state index in [4.69, 9.17) is 0 Å². The van der Waals surface area contributed by atoms with Crippen molar-refractivity contribution < 1.29 is 0 Å². The van der Waals surface area contributed by atoms with Crippen LogP contribution in [0.1, 0.15) is 13.3 Å². The van der Waals surface area contributed by atoms with Gasteiger partial charge in [-0.25, -0.2) is 0 Å². The summed E-state index contributed by atoms with van der Waals surface area (Å²) >= 11 is 0. The van der Waals surface area contributed by atoms with Gasteiger partial charge in [0.1, 0.15) is 0 Å². The summed E-state index contributed by atoms with van der Waals surface area (Å²) in [6.07, 6.45) is 0.847. The van der Waals surface area contributed by atoms with Gasteiger partial charge in [0, 0.05) is 0 Å². The van der Waals surface area contributed by atoms with Crippen LogP contribution in [0, 0.1) is 6.92 Å². The van der Waals surface area contributed by atoms with Gasteiger partial charge in [-0.2, -0.15) is 0 Å². The largest absolute Gasteiger partial charge is 0.303 e. The zero-order valence-corrected chi connectivity index (χ0v) is 5.91. The molecule has 0 spiro atoms. The molecule has 0 aromatic rings. The smallest absolute Gasteiger partial charge is 0.0653 e. The molecule has 0 atom stereocenters. The maximum atomic E-state index is 3.77. The van der Waals surface area contributed by atoms with Gasteiger partial charge in [-0.15, -0.1) is 0 Å². The highest BCUT2D eigenvalue weighted by molar-refractivity contribution is 4.76. The van der Waals surface area contributed by atoms with Crippen LogP contribution in [0.25, 0.3) is 0 Å². The Balaban J connectivity index is 3.58. The highest BCUT2D eigenvalue weighted by atomic mass is 15.1. The molecule has 1 radical (unpaired) electrons. The minimum atomic E-state index is 0.0139. The van der Waals surface area contributed by atoms with Crippen LogP contribution in [-0.4, -0.2) is 19.8 Å². The van der Waals surface area contributed by atoms with Crippen LogP contribution in [-0.2, 0) is 0 Å². The lowest BCUT2D eigenvalue weighted by molar-refractivity contribution is 0.330. The molecule has 0 aliphatic carbocycles. The summed E-state index contributed by atoms with van der Waals surface area (Å²) in [6, 6.07) is 0. The molecular formula is C6H15N2. The van der Waals surface area contributed by atoms with Crippen LogP contribution in [0.2, 0.25) is 0 Å². The van der Waals surface area contributed by atoms with E-state index in [0.29, 0.717) is 0 Å². The van der Waals surface area contributed by atoms with Crippen molar-refractivity contribution in [3.63, 3.8) is 0 Å². The fourth-order valence-electron chi connectivity index (χ4n) is 0.375. The lowest BCUT2D eigenvalue weighted by atomic mass is 10.1. The third-order valence-electron chi connectivity index (χ3n) is 1.60. The molecule has 0 bridgehead atoms. The van der Waals surface area contributed by atoms with E-state index in [2.05, 4.69) is 24.5 Å². The summed E-state index contributed by atoms with van der Waals surface area (Å²) in [5.74, 6) is 0. The molecule has 2 N–H and O–H groups in total. The van der Waals surface area contributed by atoms with E-state index < -0.39 is 0 Å². The highest BCUT2D eigenvalue weighted by Crippen LogP contribution is 1.99. The van der Waals surface area contributed by atoms with Gasteiger partial charge in [-0.05, 0) is 27.4 Å². The number of nitrogens with one attached hydrogen (secondary N) is 2. The van der Waals surface area contributed by atoms with Gasteiger partial charge in [0.05, 0.1) is 5.66 Å². The number of hydrogen-bond donors (Lipinski definition) is 2. The number of hydrogen-bond acceptors (Lipinski definition) is 2. The second-order valence-corrected chi connectivity index (χ2v) is 2.08. The highest BCUT2D eigenvalue weighted by Gasteiger charge is 2.14. The molecule has 0 unspecified atom stereocenters. The molecule has 0 fully saturated rings. The minimum absolute atomic E-state index is 0.0139. The maximum absolute atomic E-state index is 3.77. The van der Waals surface area contributed by atoms with Crippen LogP contribution >= 0.6 is 0 Å². The Morgan fingerprint density at radius 2 is 1.75 bits per heavy atom. The van der Waals surface area contributed by atoms with Crippen LogP contribution in [0.4, 0.5) is 0 Å². The van der Waals surface area contributed by atoms with Crippen LogP contribution in [0.15, 0.2) is 0 Å². The normalized spacial score (nSPS) is 12.0. The quantitative estimate of drug-likeness (QED) is 0.519. The van der Waals surface area contributed by atoms with E-state index in [1.165, 1.54) is 0 Å². The Morgan fingerprint density at radius 3 is 1.75 bits per heavy atom. The molecule has 0 saturated heterocycles. The maximum Gasteiger partial charge on any atom is 0.0653 e. The van der Waals surface area contributed by atoms with Crippen molar-refractivity contribution in [1.29, 1.82) is 0 Å². The minimum Gasteiger partial charge on any atom is -0.303 e. The molecule has 49 valence electrons. The van der Waals surface area contributed by atoms with Gasteiger partial charge in [-0.3, -0.25) is 0 Å². The van der Waals surface area contributed by atoms with Crippen molar-refractivity contribution in [2.24, 2.45) is 0 Å². The molecule has 2 heteroatoms. The van der Waals surface area contributed by atoms with Gasteiger partial charge in [0.15, 0.2) is 0 Å². The first-order valence-corrected chi connectivity index (χ1v) is 2.85. The van der Waals surface area contributed by atoms with Crippen molar-refractivity contribution in [2.75, 3.05) is 14.1 Å². The summed E-state index contributed by atoms with van der Waals surface area (Å²) < 4.78 is 0.